The van der Waals surface area contributed by atoms with Crippen LogP contribution in [0.15, 0.2) is 6.07 Å². The number of halogens is 1. The second-order valence-corrected chi connectivity index (χ2v) is 10.8. The highest BCUT2D eigenvalue weighted by Crippen LogP contribution is 2.38. The monoisotopic (exact) mass is 495 g/mol. The maximum Gasteiger partial charge on any atom is 0.410 e. The summed E-state index contributed by atoms with van der Waals surface area (Å²) >= 11 is 6.32. The number of fused-ring (bicyclic) bond motifs is 1. The summed E-state index contributed by atoms with van der Waals surface area (Å²) in [5.41, 5.74) is -0.545. The molecule has 1 aromatic heterocycles. The van der Waals surface area contributed by atoms with Gasteiger partial charge in [-0.15, -0.1) is 0 Å². The summed E-state index contributed by atoms with van der Waals surface area (Å²) in [7, 11) is 2.08. The van der Waals surface area contributed by atoms with Crippen molar-refractivity contribution in [3.05, 3.63) is 16.8 Å². The molecule has 188 valence electrons. The van der Waals surface area contributed by atoms with E-state index in [0.29, 0.717) is 31.4 Å². The standard InChI is InChI=1S/C23H34ClN5O5/c1-23(2,3)34-22(32)28-8-6-25-15(11-28)13-33-17-9-18(24)26-20(19(17)21(30)31)29-7-5-14-10-27(4)12-16(14)29/h9,14-16,25H,5-8,10-13H2,1-4H3,(H,30,31)/t14?,15-,16?/m1/s1. The number of carbonyl (C=O) groups excluding carboxylic acids is 1. The number of hydrogen-bond acceptors (Lipinski definition) is 8. The molecule has 3 atom stereocenters. The molecule has 2 N–H and O–H groups in total. The van der Waals surface area contributed by atoms with E-state index in [1.165, 1.54) is 6.07 Å². The minimum Gasteiger partial charge on any atom is -0.491 e. The number of anilines is 1. The van der Waals surface area contributed by atoms with E-state index in [1.54, 1.807) is 4.90 Å². The number of rotatable bonds is 5. The molecule has 3 fully saturated rings. The lowest BCUT2D eigenvalue weighted by Crippen LogP contribution is -2.55. The summed E-state index contributed by atoms with van der Waals surface area (Å²) in [6, 6.07) is 1.49. The highest BCUT2D eigenvalue weighted by atomic mass is 35.5. The van der Waals surface area contributed by atoms with Gasteiger partial charge in [-0.3, -0.25) is 0 Å². The van der Waals surface area contributed by atoms with Gasteiger partial charge in [0, 0.05) is 51.4 Å². The van der Waals surface area contributed by atoms with Crippen LogP contribution in [0.3, 0.4) is 0 Å². The number of likely N-dealkylation sites (N-methyl/N-ethyl adjacent to an activating group) is 1. The molecule has 2 unspecified atom stereocenters. The maximum atomic E-state index is 12.4. The molecule has 1 amide bonds. The van der Waals surface area contributed by atoms with E-state index >= 15 is 0 Å². The lowest BCUT2D eigenvalue weighted by Gasteiger charge is -2.34. The van der Waals surface area contributed by atoms with E-state index in [4.69, 9.17) is 21.1 Å². The molecule has 0 aromatic carbocycles. The van der Waals surface area contributed by atoms with Gasteiger partial charge >= 0.3 is 12.1 Å². The molecule has 0 bridgehead atoms. The van der Waals surface area contributed by atoms with Gasteiger partial charge in [-0.05, 0) is 40.2 Å². The SMILES string of the molecule is CN1CC2CCN(c3nc(Cl)cc(OC[C@H]4CN(C(=O)OC(C)(C)C)CCN4)c3C(=O)O)C2C1. The minimum absolute atomic E-state index is 0.0272. The second-order valence-electron chi connectivity index (χ2n) is 10.4. The summed E-state index contributed by atoms with van der Waals surface area (Å²) in [5, 5.41) is 13.6. The maximum absolute atomic E-state index is 12.4. The quantitative estimate of drug-likeness (QED) is 0.594. The van der Waals surface area contributed by atoms with Crippen LogP contribution in [0.25, 0.3) is 0 Å². The number of aromatic nitrogens is 1. The number of piperazine rings is 1. The number of aromatic carboxylic acids is 1. The van der Waals surface area contributed by atoms with Crippen molar-refractivity contribution in [2.24, 2.45) is 5.92 Å². The lowest BCUT2D eigenvalue weighted by molar-refractivity contribution is 0.0178. The zero-order chi connectivity index (χ0) is 24.6. The zero-order valence-electron chi connectivity index (χ0n) is 20.2. The van der Waals surface area contributed by atoms with Gasteiger partial charge < -0.3 is 34.6 Å². The molecular weight excluding hydrogens is 462 g/mol. The Hall–Kier alpha value is -2.30. The third-order valence-electron chi connectivity index (χ3n) is 6.50. The third-order valence-corrected chi connectivity index (χ3v) is 6.69. The summed E-state index contributed by atoms with van der Waals surface area (Å²) in [4.78, 5) is 35.1. The number of carboxylic acid groups (broad SMARTS) is 1. The number of ether oxygens (including phenoxy) is 2. The van der Waals surface area contributed by atoms with Crippen molar-refractivity contribution in [3.63, 3.8) is 0 Å². The van der Waals surface area contributed by atoms with Crippen LogP contribution in [-0.2, 0) is 4.74 Å². The van der Waals surface area contributed by atoms with Crippen molar-refractivity contribution >= 4 is 29.5 Å². The Bertz CT molecular complexity index is 939. The first-order chi connectivity index (χ1) is 16.0. The Balaban J connectivity index is 1.49. The average Bonchev–Trinajstić information content (AvgIpc) is 3.29. The molecule has 0 aliphatic carbocycles. The molecule has 0 saturated carbocycles. The molecular formula is C23H34ClN5O5. The normalized spacial score (nSPS) is 25.4. The molecule has 3 aliphatic rings. The van der Waals surface area contributed by atoms with Crippen LogP contribution in [-0.4, -0.2) is 103 Å². The molecule has 0 spiro atoms. The van der Waals surface area contributed by atoms with Crippen LogP contribution in [0.5, 0.6) is 5.75 Å². The fourth-order valence-corrected chi connectivity index (χ4v) is 5.24. The van der Waals surface area contributed by atoms with E-state index in [9.17, 15) is 14.7 Å². The van der Waals surface area contributed by atoms with Crippen LogP contribution < -0.4 is 15.0 Å². The molecule has 34 heavy (non-hydrogen) atoms. The molecule has 3 saturated heterocycles. The van der Waals surface area contributed by atoms with Gasteiger partial charge in [0.2, 0.25) is 0 Å². The Labute approximate surface area is 205 Å². The summed E-state index contributed by atoms with van der Waals surface area (Å²) in [6.45, 7) is 9.78. The van der Waals surface area contributed by atoms with Gasteiger partial charge in [0.15, 0.2) is 0 Å². The molecule has 1 aromatic rings. The van der Waals surface area contributed by atoms with Gasteiger partial charge in [0.1, 0.15) is 34.5 Å². The fraction of sp³-hybridized carbons (Fsp3) is 0.696. The highest BCUT2D eigenvalue weighted by Gasteiger charge is 2.42. The smallest absolute Gasteiger partial charge is 0.410 e. The Morgan fingerprint density at radius 2 is 2.03 bits per heavy atom. The summed E-state index contributed by atoms with van der Waals surface area (Å²) in [6.07, 6.45) is 0.620. The Morgan fingerprint density at radius 1 is 1.26 bits per heavy atom. The van der Waals surface area contributed by atoms with Crippen molar-refractivity contribution in [2.45, 2.75) is 44.9 Å². The minimum atomic E-state index is -1.10. The molecule has 11 heteroatoms. The van der Waals surface area contributed by atoms with Crippen LogP contribution in [0, 0.1) is 5.92 Å². The summed E-state index contributed by atoms with van der Waals surface area (Å²) < 4.78 is 11.5. The Kier molecular flexibility index (Phi) is 7.12. The van der Waals surface area contributed by atoms with Crippen LogP contribution in [0.2, 0.25) is 5.15 Å². The van der Waals surface area contributed by atoms with Crippen LogP contribution in [0.1, 0.15) is 37.6 Å². The number of carboxylic acids is 1. The van der Waals surface area contributed by atoms with Gasteiger partial charge in [0.25, 0.3) is 0 Å². The first-order valence-electron chi connectivity index (χ1n) is 11.7. The van der Waals surface area contributed by atoms with Crippen molar-refractivity contribution in [1.82, 2.24) is 20.1 Å². The van der Waals surface area contributed by atoms with E-state index in [2.05, 4.69) is 27.1 Å². The number of likely N-dealkylation sites (tertiary alicyclic amines) is 1. The van der Waals surface area contributed by atoms with Crippen molar-refractivity contribution in [3.8, 4) is 5.75 Å². The average molecular weight is 496 g/mol. The molecule has 3 aliphatic heterocycles. The van der Waals surface area contributed by atoms with Crippen molar-refractivity contribution in [2.75, 3.05) is 57.8 Å². The van der Waals surface area contributed by atoms with E-state index < -0.39 is 11.6 Å². The first-order valence-corrected chi connectivity index (χ1v) is 12.1. The number of nitrogens with zero attached hydrogens (tertiary/aromatic N) is 4. The Morgan fingerprint density at radius 3 is 2.74 bits per heavy atom. The second kappa shape index (κ2) is 9.75. The molecule has 10 nitrogen and oxygen atoms in total. The molecule has 0 radical (unpaired) electrons. The topological polar surface area (TPSA) is 107 Å². The van der Waals surface area contributed by atoms with E-state index in [0.717, 1.165) is 26.1 Å². The predicted molar refractivity (Wildman–Crippen MR) is 128 cm³/mol. The van der Waals surface area contributed by atoms with Gasteiger partial charge in [-0.1, -0.05) is 11.6 Å². The largest absolute Gasteiger partial charge is 0.491 e. The zero-order valence-corrected chi connectivity index (χ0v) is 21.0. The lowest BCUT2D eigenvalue weighted by atomic mass is 10.0. The van der Waals surface area contributed by atoms with Gasteiger partial charge in [-0.2, -0.15) is 0 Å². The number of carbonyl (C=O) groups is 2. The van der Waals surface area contributed by atoms with Crippen molar-refractivity contribution in [1.29, 1.82) is 0 Å². The van der Waals surface area contributed by atoms with Crippen LogP contribution in [0.4, 0.5) is 10.6 Å². The number of nitrogens with one attached hydrogen (secondary N) is 1. The van der Waals surface area contributed by atoms with Gasteiger partial charge in [-0.25, -0.2) is 14.6 Å². The highest BCUT2D eigenvalue weighted by molar-refractivity contribution is 6.29. The number of amides is 1. The van der Waals surface area contributed by atoms with Crippen molar-refractivity contribution < 1.29 is 24.2 Å². The fourth-order valence-electron chi connectivity index (χ4n) is 5.06. The molecule has 4 heterocycles. The number of hydrogen-bond donors (Lipinski definition) is 2. The van der Waals surface area contributed by atoms with Crippen LogP contribution >= 0.6 is 11.6 Å². The summed E-state index contributed by atoms with van der Waals surface area (Å²) in [5.74, 6) is -0.0590. The predicted octanol–water partition coefficient (Wildman–Crippen LogP) is 2.16. The number of pyridine rings is 1. The first kappa shape index (κ1) is 24.8. The third kappa shape index (κ3) is 5.50. The van der Waals surface area contributed by atoms with E-state index in [1.807, 2.05) is 20.8 Å². The van der Waals surface area contributed by atoms with E-state index in [-0.39, 0.29) is 41.2 Å². The molecule has 4 rings (SSSR count). The van der Waals surface area contributed by atoms with Gasteiger partial charge in [0.05, 0.1) is 6.04 Å².